The van der Waals surface area contributed by atoms with E-state index >= 15 is 0 Å². The van der Waals surface area contributed by atoms with Crippen molar-refractivity contribution in [1.82, 2.24) is 9.80 Å². The van der Waals surface area contributed by atoms with Crippen molar-refractivity contribution >= 4 is 11.9 Å². The quantitative estimate of drug-likeness (QED) is 0.540. The first-order valence-corrected chi connectivity index (χ1v) is 3.43. The second kappa shape index (κ2) is 2.92. The lowest BCUT2D eigenvalue weighted by atomic mass is 10.4. The highest BCUT2D eigenvalue weighted by molar-refractivity contribution is 5.95. The van der Waals surface area contributed by atoms with Crippen molar-refractivity contribution in [2.75, 3.05) is 13.6 Å². The fraction of sp³-hybridized carbons (Fsp3) is 0.429. The zero-order chi connectivity index (χ0) is 9.30. The van der Waals surface area contributed by atoms with Crippen LogP contribution in [0, 0.1) is 0 Å². The second-order valence-electron chi connectivity index (χ2n) is 2.60. The van der Waals surface area contributed by atoms with Gasteiger partial charge in [0.25, 0.3) is 0 Å². The molecule has 0 aromatic heterocycles. The molecule has 1 aliphatic rings. The molecule has 0 saturated heterocycles. The Labute approximate surface area is 69.2 Å². The Kier molecular flexibility index (Phi) is 2.12. The van der Waals surface area contributed by atoms with E-state index in [1.807, 2.05) is 0 Å². The summed E-state index contributed by atoms with van der Waals surface area (Å²) in [5.74, 6) is -0.978. The Hall–Kier alpha value is -1.39. The van der Waals surface area contributed by atoms with Gasteiger partial charge in [0.15, 0.2) is 0 Å². The molecule has 1 heterocycles. The first-order valence-electron chi connectivity index (χ1n) is 3.43. The standard InChI is InChI=1S/C7H9FN2O2/c1-5(11)10-4-6(8)3-9(2)7(10)12/h4H,3H2,1-2H3. The lowest BCUT2D eigenvalue weighted by Crippen LogP contribution is -2.44. The van der Waals surface area contributed by atoms with Crippen LogP contribution in [-0.2, 0) is 4.79 Å². The molecule has 0 unspecified atom stereocenters. The van der Waals surface area contributed by atoms with Gasteiger partial charge >= 0.3 is 6.03 Å². The van der Waals surface area contributed by atoms with Gasteiger partial charge in [-0.2, -0.15) is 0 Å². The van der Waals surface area contributed by atoms with Gasteiger partial charge in [0, 0.05) is 14.0 Å². The molecule has 3 amide bonds. The summed E-state index contributed by atoms with van der Waals surface area (Å²) < 4.78 is 12.7. The van der Waals surface area contributed by atoms with Gasteiger partial charge in [-0.15, -0.1) is 0 Å². The van der Waals surface area contributed by atoms with Crippen molar-refractivity contribution < 1.29 is 14.0 Å². The summed E-state index contributed by atoms with van der Waals surface area (Å²) in [6.07, 6.45) is 0.921. The first kappa shape index (κ1) is 8.70. The molecule has 0 aromatic carbocycles. The van der Waals surface area contributed by atoms with Crippen LogP contribution in [0.2, 0.25) is 0 Å². The number of amides is 3. The van der Waals surface area contributed by atoms with Crippen LogP contribution < -0.4 is 0 Å². The summed E-state index contributed by atoms with van der Waals surface area (Å²) in [7, 11) is 1.44. The van der Waals surface area contributed by atoms with Crippen molar-refractivity contribution in [1.29, 1.82) is 0 Å². The highest BCUT2D eigenvalue weighted by atomic mass is 19.1. The van der Waals surface area contributed by atoms with E-state index in [2.05, 4.69) is 0 Å². The van der Waals surface area contributed by atoms with Gasteiger partial charge in [-0.3, -0.25) is 4.79 Å². The van der Waals surface area contributed by atoms with Crippen LogP contribution in [0.3, 0.4) is 0 Å². The number of carbonyl (C=O) groups excluding carboxylic acids is 2. The van der Waals surface area contributed by atoms with Crippen molar-refractivity contribution in [3.8, 4) is 0 Å². The number of hydrogen-bond donors (Lipinski definition) is 0. The van der Waals surface area contributed by atoms with Crippen molar-refractivity contribution in [3.05, 3.63) is 12.0 Å². The molecule has 0 fully saturated rings. The largest absolute Gasteiger partial charge is 0.331 e. The monoisotopic (exact) mass is 172 g/mol. The van der Waals surface area contributed by atoms with E-state index in [-0.39, 0.29) is 6.54 Å². The molecule has 1 rings (SSSR count). The normalized spacial score (nSPS) is 17.9. The van der Waals surface area contributed by atoms with Gasteiger partial charge in [-0.1, -0.05) is 0 Å². The number of imide groups is 1. The van der Waals surface area contributed by atoms with E-state index in [0.717, 1.165) is 16.0 Å². The van der Waals surface area contributed by atoms with Crippen LogP contribution >= 0.6 is 0 Å². The summed E-state index contributed by atoms with van der Waals surface area (Å²) in [5.41, 5.74) is 0. The minimum Gasteiger partial charge on any atom is -0.320 e. The van der Waals surface area contributed by atoms with E-state index in [0.29, 0.717) is 0 Å². The minimum absolute atomic E-state index is 0.0669. The molecular weight excluding hydrogens is 163 g/mol. The van der Waals surface area contributed by atoms with Crippen molar-refractivity contribution in [2.24, 2.45) is 0 Å². The topological polar surface area (TPSA) is 40.6 Å². The van der Waals surface area contributed by atoms with Crippen LogP contribution in [0.5, 0.6) is 0 Å². The molecule has 1 aliphatic heterocycles. The molecule has 4 nitrogen and oxygen atoms in total. The maximum absolute atomic E-state index is 12.7. The third kappa shape index (κ3) is 1.44. The maximum atomic E-state index is 12.7. The Balaban J connectivity index is 2.92. The molecule has 5 heteroatoms. The van der Waals surface area contributed by atoms with E-state index in [4.69, 9.17) is 0 Å². The number of halogens is 1. The summed E-state index contributed by atoms with van der Waals surface area (Å²) in [5, 5.41) is 0. The molecule has 0 N–H and O–H groups in total. The van der Waals surface area contributed by atoms with Gasteiger partial charge < -0.3 is 4.90 Å². The van der Waals surface area contributed by atoms with Gasteiger partial charge in [0.1, 0.15) is 5.83 Å². The lowest BCUT2D eigenvalue weighted by molar-refractivity contribution is -0.124. The molecule has 0 bridgehead atoms. The fourth-order valence-electron chi connectivity index (χ4n) is 0.940. The smallest absolute Gasteiger partial charge is 0.320 e. The van der Waals surface area contributed by atoms with Gasteiger partial charge in [0.05, 0.1) is 12.7 Å². The Morgan fingerprint density at radius 1 is 1.67 bits per heavy atom. The lowest BCUT2D eigenvalue weighted by Gasteiger charge is -2.26. The Morgan fingerprint density at radius 2 is 2.25 bits per heavy atom. The summed E-state index contributed by atoms with van der Waals surface area (Å²) >= 11 is 0. The number of nitrogens with zero attached hydrogens (tertiary/aromatic N) is 2. The second-order valence-corrected chi connectivity index (χ2v) is 2.60. The summed E-state index contributed by atoms with van der Waals surface area (Å²) in [4.78, 5) is 23.8. The first-order chi connectivity index (χ1) is 5.52. The predicted molar refractivity (Wildman–Crippen MR) is 39.7 cm³/mol. The highest BCUT2D eigenvalue weighted by Crippen LogP contribution is 2.12. The zero-order valence-corrected chi connectivity index (χ0v) is 6.87. The average Bonchev–Trinajstić information content (AvgIpc) is 1.96. The summed E-state index contributed by atoms with van der Waals surface area (Å²) in [6.45, 7) is 1.14. The molecule has 0 spiro atoms. The number of hydrogen-bond acceptors (Lipinski definition) is 2. The van der Waals surface area contributed by atoms with Gasteiger partial charge in [-0.25, -0.2) is 14.1 Å². The number of carbonyl (C=O) groups is 2. The van der Waals surface area contributed by atoms with E-state index in [1.165, 1.54) is 14.0 Å². The van der Waals surface area contributed by atoms with Crippen LogP contribution in [0.4, 0.5) is 9.18 Å². The minimum atomic E-state index is -0.496. The maximum Gasteiger partial charge on any atom is 0.331 e. The predicted octanol–water partition coefficient (Wildman–Crippen LogP) is 0.711. The molecule has 0 atom stereocenters. The van der Waals surface area contributed by atoms with E-state index < -0.39 is 17.8 Å². The van der Waals surface area contributed by atoms with Crippen LogP contribution in [0.1, 0.15) is 6.92 Å². The Morgan fingerprint density at radius 3 is 2.75 bits per heavy atom. The van der Waals surface area contributed by atoms with Crippen LogP contribution in [-0.4, -0.2) is 35.3 Å². The number of rotatable bonds is 0. The van der Waals surface area contributed by atoms with Crippen molar-refractivity contribution in [3.63, 3.8) is 0 Å². The highest BCUT2D eigenvalue weighted by Gasteiger charge is 2.25. The molecule has 0 saturated carbocycles. The van der Waals surface area contributed by atoms with E-state index in [1.54, 1.807) is 0 Å². The number of urea groups is 1. The van der Waals surface area contributed by atoms with Gasteiger partial charge in [0.2, 0.25) is 5.91 Å². The fourth-order valence-corrected chi connectivity index (χ4v) is 0.940. The third-order valence-electron chi connectivity index (χ3n) is 1.53. The molecule has 0 aromatic rings. The SMILES string of the molecule is CC(=O)N1C=C(F)CN(C)C1=O. The molecule has 66 valence electrons. The Bertz CT molecular complexity index is 262. The van der Waals surface area contributed by atoms with E-state index in [9.17, 15) is 14.0 Å². The third-order valence-corrected chi connectivity index (χ3v) is 1.53. The number of likely N-dealkylation sites (N-methyl/N-ethyl adjacent to an activating group) is 1. The molecular formula is C7H9FN2O2. The molecule has 0 aliphatic carbocycles. The van der Waals surface area contributed by atoms with Crippen molar-refractivity contribution in [2.45, 2.75) is 6.92 Å². The zero-order valence-electron chi connectivity index (χ0n) is 6.87. The molecule has 12 heavy (non-hydrogen) atoms. The molecule has 0 radical (unpaired) electrons. The summed E-state index contributed by atoms with van der Waals surface area (Å²) in [6, 6.07) is -0.496. The average molecular weight is 172 g/mol. The van der Waals surface area contributed by atoms with Crippen LogP contribution in [0.25, 0.3) is 0 Å². The van der Waals surface area contributed by atoms with Gasteiger partial charge in [-0.05, 0) is 0 Å². The van der Waals surface area contributed by atoms with Crippen LogP contribution in [0.15, 0.2) is 12.0 Å².